The number of hydrogen-bond donors (Lipinski definition) is 1. The molecule has 0 amide bonds. The van der Waals surface area contributed by atoms with Gasteiger partial charge in [0.05, 0.1) is 18.8 Å². The molecule has 4 heteroatoms. The minimum Gasteiger partial charge on any atom is -0.389 e. The lowest BCUT2D eigenvalue weighted by molar-refractivity contribution is -0.0320. The summed E-state index contributed by atoms with van der Waals surface area (Å²) in [5.74, 6) is 0. The van der Waals surface area contributed by atoms with E-state index in [2.05, 4.69) is 60.5 Å². The molecule has 0 aliphatic heterocycles. The van der Waals surface area contributed by atoms with Crippen molar-refractivity contribution in [1.29, 1.82) is 0 Å². The Labute approximate surface area is 181 Å². The molecular formula is C26H37NO3. The van der Waals surface area contributed by atoms with Gasteiger partial charge in [0.15, 0.2) is 0 Å². The molecule has 2 aromatic carbocycles. The molecule has 1 fully saturated rings. The predicted molar refractivity (Wildman–Crippen MR) is 122 cm³/mol. The van der Waals surface area contributed by atoms with Crippen molar-refractivity contribution < 1.29 is 14.6 Å². The van der Waals surface area contributed by atoms with Crippen molar-refractivity contribution in [3.8, 4) is 0 Å². The Bertz CT molecular complexity index is 648. The second-order valence-corrected chi connectivity index (χ2v) is 8.44. The van der Waals surface area contributed by atoms with Crippen molar-refractivity contribution in [2.45, 2.75) is 56.8 Å². The van der Waals surface area contributed by atoms with Crippen LogP contribution in [0.15, 0.2) is 60.7 Å². The van der Waals surface area contributed by atoms with Gasteiger partial charge in [-0.05, 0) is 37.4 Å². The maximum atomic E-state index is 10.3. The van der Waals surface area contributed by atoms with E-state index >= 15 is 0 Å². The Morgan fingerprint density at radius 2 is 1.53 bits per heavy atom. The molecule has 4 nitrogen and oxygen atoms in total. The van der Waals surface area contributed by atoms with Crippen molar-refractivity contribution in [3.05, 3.63) is 71.8 Å². The van der Waals surface area contributed by atoms with Gasteiger partial charge in [-0.25, -0.2) is 0 Å². The molecule has 164 valence electrons. The van der Waals surface area contributed by atoms with Crippen LogP contribution in [0.3, 0.4) is 0 Å². The highest BCUT2D eigenvalue weighted by Crippen LogP contribution is 2.26. The average Bonchev–Trinajstić information content (AvgIpc) is 2.79. The molecule has 0 saturated heterocycles. The molecule has 0 radical (unpaired) electrons. The van der Waals surface area contributed by atoms with Crippen LogP contribution in [0.5, 0.6) is 0 Å². The number of ether oxygens (including phenoxy) is 2. The van der Waals surface area contributed by atoms with Crippen LogP contribution in [0, 0.1) is 0 Å². The molecule has 1 saturated carbocycles. The van der Waals surface area contributed by atoms with Crippen molar-refractivity contribution >= 4 is 0 Å². The minimum atomic E-state index is -0.431. The second-order valence-electron chi connectivity index (χ2n) is 8.44. The lowest BCUT2D eigenvalue weighted by Gasteiger charge is -2.25. The van der Waals surface area contributed by atoms with Crippen LogP contribution < -0.4 is 0 Å². The third kappa shape index (κ3) is 7.84. The zero-order valence-electron chi connectivity index (χ0n) is 18.3. The maximum absolute atomic E-state index is 10.3. The molecule has 1 aliphatic rings. The van der Waals surface area contributed by atoms with Gasteiger partial charge in [-0.15, -0.1) is 0 Å². The first-order valence-electron chi connectivity index (χ1n) is 11.4. The van der Waals surface area contributed by atoms with Crippen LogP contribution in [0.2, 0.25) is 0 Å². The van der Waals surface area contributed by atoms with Gasteiger partial charge < -0.3 is 19.5 Å². The number of benzene rings is 2. The Morgan fingerprint density at radius 1 is 0.933 bits per heavy atom. The molecule has 1 atom stereocenters. The van der Waals surface area contributed by atoms with Gasteiger partial charge in [0.25, 0.3) is 0 Å². The monoisotopic (exact) mass is 411 g/mol. The zero-order chi connectivity index (χ0) is 21.0. The summed E-state index contributed by atoms with van der Waals surface area (Å²) in [6, 6.07) is 20.8. The second kappa shape index (κ2) is 12.9. The molecule has 2 aromatic rings. The van der Waals surface area contributed by atoms with E-state index < -0.39 is 6.10 Å². The fourth-order valence-electron chi connectivity index (χ4n) is 4.16. The molecular weight excluding hydrogens is 374 g/mol. The molecule has 1 N–H and O–H groups in total. The predicted octanol–water partition coefficient (Wildman–Crippen LogP) is 4.82. The quantitative estimate of drug-likeness (QED) is 0.508. The molecule has 3 rings (SSSR count). The van der Waals surface area contributed by atoms with Crippen LogP contribution in [-0.2, 0) is 9.47 Å². The molecule has 1 unspecified atom stereocenters. The van der Waals surface area contributed by atoms with E-state index in [0.717, 1.165) is 25.8 Å². The van der Waals surface area contributed by atoms with Gasteiger partial charge in [-0.3, -0.25) is 0 Å². The van der Waals surface area contributed by atoms with Crippen LogP contribution in [0.4, 0.5) is 0 Å². The van der Waals surface area contributed by atoms with Gasteiger partial charge >= 0.3 is 0 Å². The summed E-state index contributed by atoms with van der Waals surface area (Å²) in [5.41, 5.74) is 2.35. The fourth-order valence-corrected chi connectivity index (χ4v) is 4.16. The van der Waals surface area contributed by atoms with E-state index in [9.17, 15) is 5.11 Å². The summed E-state index contributed by atoms with van der Waals surface area (Å²) in [7, 11) is 2.05. The standard InChI is InChI=1S/C26H37NO3/c1-27(20-24(28)21-30-25-16-9-4-10-17-25)18-11-19-29-26(22-12-5-2-6-13-22)23-14-7-3-8-15-23/h2-3,5-8,12-15,24-26,28H,4,9-11,16-21H2,1H3. The van der Waals surface area contributed by atoms with Gasteiger partial charge in [-0.2, -0.15) is 0 Å². The number of aliphatic hydroxyl groups excluding tert-OH is 1. The van der Waals surface area contributed by atoms with Gasteiger partial charge in [0.2, 0.25) is 0 Å². The van der Waals surface area contributed by atoms with Crippen molar-refractivity contribution in [3.63, 3.8) is 0 Å². The van der Waals surface area contributed by atoms with Crippen molar-refractivity contribution in [2.75, 3.05) is 33.4 Å². The number of hydrogen-bond acceptors (Lipinski definition) is 4. The Balaban J connectivity index is 1.37. The molecule has 1 aliphatic carbocycles. The lowest BCUT2D eigenvalue weighted by Crippen LogP contribution is -2.34. The first-order valence-corrected chi connectivity index (χ1v) is 11.4. The van der Waals surface area contributed by atoms with E-state index in [1.807, 2.05) is 12.1 Å². The van der Waals surface area contributed by atoms with E-state index in [1.54, 1.807) is 0 Å². The molecule has 0 spiro atoms. The smallest absolute Gasteiger partial charge is 0.108 e. The number of aliphatic hydroxyl groups is 1. The summed E-state index contributed by atoms with van der Waals surface area (Å²) in [4.78, 5) is 2.16. The van der Waals surface area contributed by atoms with E-state index in [4.69, 9.17) is 9.47 Å². The third-order valence-corrected chi connectivity index (χ3v) is 5.77. The minimum absolute atomic E-state index is 0.0489. The summed E-state index contributed by atoms with van der Waals surface area (Å²) < 4.78 is 12.2. The van der Waals surface area contributed by atoms with Gasteiger partial charge in [0, 0.05) is 19.7 Å². The maximum Gasteiger partial charge on any atom is 0.108 e. The van der Waals surface area contributed by atoms with Crippen LogP contribution in [-0.4, -0.2) is 55.6 Å². The SMILES string of the molecule is CN(CCCOC(c1ccccc1)c1ccccc1)CC(O)COC1CCCCC1. The van der Waals surface area contributed by atoms with E-state index in [-0.39, 0.29) is 6.10 Å². The Kier molecular flexibility index (Phi) is 9.84. The largest absolute Gasteiger partial charge is 0.389 e. The van der Waals surface area contributed by atoms with E-state index in [1.165, 1.54) is 30.4 Å². The first-order chi connectivity index (χ1) is 14.7. The number of rotatable bonds is 12. The average molecular weight is 412 g/mol. The highest BCUT2D eigenvalue weighted by atomic mass is 16.5. The highest BCUT2D eigenvalue weighted by molar-refractivity contribution is 5.29. The van der Waals surface area contributed by atoms with Crippen LogP contribution >= 0.6 is 0 Å². The van der Waals surface area contributed by atoms with Crippen LogP contribution in [0.1, 0.15) is 55.8 Å². The summed E-state index contributed by atoms with van der Waals surface area (Å²) >= 11 is 0. The molecule has 0 aromatic heterocycles. The van der Waals surface area contributed by atoms with Gasteiger partial charge in [0.1, 0.15) is 6.10 Å². The summed E-state index contributed by atoms with van der Waals surface area (Å²) in [6.45, 7) is 2.63. The van der Waals surface area contributed by atoms with Crippen LogP contribution in [0.25, 0.3) is 0 Å². The highest BCUT2D eigenvalue weighted by Gasteiger charge is 2.17. The van der Waals surface area contributed by atoms with Crippen molar-refractivity contribution in [2.24, 2.45) is 0 Å². The van der Waals surface area contributed by atoms with E-state index in [0.29, 0.717) is 25.9 Å². The topological polar surface area (TPSA) is 41.9 Å². The summed E-state index contributed by atoms with van der Waals surface area (Å²) in [6.07, 6.45) is 6.91. The molecule has 30 heavy (non-hydrogen) atoms. The molecule has 0 bridgehead atoms. The Hall–Kier alpha value is -1.72. The third-order valence-electron chi connectivity index (χ3n) is 5.77. The fraction of sp³-hybridized carbons (Fsp3) is 0.538. The number of nitrogens with zero attached hydrogens (tertiary/aromatic N) is 1. The molecule has 0 heterocycles. The number of likely N-dealkylation sites (N-methyl/N-ethyl adjacent to an activating group) is 1. The van der Waals surface area contributed by atoms with Gasteiger partial charge in [-0.1, -0.05) is 79.9 Å². The summed E-state index contributed by atoms with van der Waals surface area (Å²) in [5, 5.41) is 10.3. The Morgan fingerprint density at radius 3 is 2.13 bits per heavy atom. The van der Waals surface area contributed by atoms with Crippen molar-refractivity contribution in [1.82, 2.24) is 4.90 Å². The first kappa shape index (κ1) is 23.0. The lowest BCUT2D eigenvalue weighted by atomic mass is 9.98. The zero-order valence-corrected chi connectivity index (χ0v) is 18.3. The normalized spacial score (nSPS) is 16.3.